The first kappa shape index (κ1) is 15.2. The smallest absolute Gasteiger partial charge is 0.343 e. The van der Waals surface area contributed by atoms with E-state index in [4.69, 9.17) is 4.74 Å². The summed E-state index contributed by atoms with van der Waals surface area (Å²) in [4.78, 5) is 34.6. The van der Waals surface area contributed by atoms with Crippen LogP contribution in [0, 0.1) is 0 Å². The number of aromatic carboxylic acids is 1. The fourth-order valence-electron chi connectivity index (χ4n) is 1.76. The zero-order chi connectivity index (χ0) is 16.1. The maximum Gasteiger partial charge on any atom is 0.343 e. The van der Waals surface area contributed by atoms with Crippen molar-refractivity contribution in [1.82, 2.24) is 0 Å². The normalized spacial score (nSPS) is 9.86. The molecule has 0 unspecified atom stereocenters. The molecule has 0 bridgehead atoms. The topological polar surface area (TPSA) is 89.9 Å². The van der Waals surface area contributed by atoms with Crippen molar-refractivity contribution in [3.63, 3.8) is 0 Å². The van der Waals surface area contributed by atoms with Gasteiger partial charge in [0.05, 0.1) is 18.2 Å². The Morgan fingerprint density at radius 1 is 0.909 bits per heavy atom. The van der Waals surface area contributed by atoms with Gasteiger partial charge in [0.1, 0.15) is 11.3 Å². The van der Waals surface area contributed by atoms with Crippen molar-refractivity contribution >= 4 is 17.9 Å². The number of hydrogen-bond acceptors (Lipinski definition) is 5. The molecule has 0 atom stereocenters. The standard InChI is InChI=1S/C16H12O6/c1-21-15(19)11-7-8-13(12(9-11)14(17)18)22-16(20)10-5-3-2-4-6-10/h2-9H,1H3,(H,17,18). The van der Waals surface area contributed by atoms with Crippen LogP contribution in [0.1, 0.15) is 31.1 Å². The fraction of sp³-hybridized carbons (Fsp3) is 0.0625. The summed E-state index contributed by atoms with van der Waals surface area (Å²) < 4.78 is 9.61. The van der Waals surface area contributed by atoms with Gasteiger partial charge in [0.15, 0.2) is 0 Å². The van der Waals surface area contributed by atoms with Crippen molar-refractivity contribution in [3.05, 3.63) is 65.2 Å². The van der Waals surface area contributed by atoms with Gasteiger partial charge in [-0.3, -0.25) is 0 Å². The first-order valence-electron chi connectivity index (χ1n) is 6.26. The second kappa shape index (κ2) is 6.53. The van der Waals surface area contributed by atoms with Gasteiger partial charge in [-0.2, -0.15) is 0 Å². The van der Waals surface area contributed by atoms with E-state index in [-0.39, 0.29) is 22.4 Å². The summed E-state index contributed by atoms with van der Waals surface area (Å²) in [6.07, 6.45) is 0. The molecule has 0 saturated heterocycles. The van der Waals surface area contributed by atoms with Crippen LogP contribution in [-0.4, -0.2) is 30.1 Å². The van der Waals surface area contributed by atoms with Gasteiger partial charge in [-0.05, 0) is 30.3 Å². The lowest BCUT2D eigenvalue weighted by Crippen LogP contribution is -2.12. The van der Waals surface area contributed by atoms with Crippen molar-refractivity contribution in [1.29, 1.82) is 0 Å². The van der Waals surface area contributed by atoms with Crippen molar-refractivity contribution < 1.29 is 29.0 Å². The summed E-state index contributed by atoms with van der Waals surface area (Å²) in [5.74, 6) is -2.83. The van der Waals surface area contributed by atoms with Gasteiger partial charge < -0.3 is 14.6 Å². The zero-order valence-corrected chi connectivity index (χ0v) is 11.6. The molecule has 0 spiro atoms. The van der Waals surface area contributed by atoms with E-state index in [1.54, 1.807) is 30.3 Å². The summed E-state index contributed by atoms with van der Waals surface area (Å²) >= 11 is 0. The lowest BCUT2D eigenvalue weighted by Gasteiger charge is -2.09. The van der Waals surface area contributed by atoms with Crippen LogP contribution in [-0.2, 0) is 4.74 Å². The summed E-state index contributed by atoms with van der Waals surface area (Å²) in [5, 5.41) is 9.18. The minimum atomic E-state index is -1.32. The molecule has 0 aliphatic carbocycles. The van der Waals surface area contributed by atoms with Gasteiger partial charge in [0.25, 0.3) is 0 Å². The molecular weight excluding hydrogens is 288 g/mol. The molecule has 2 aromatic rings. The van der Waals surface area contributed by atoms with Crippen molar-refractivity contribution in [2.24, 2.45) is 0 Å². The molecule has 2 aromatic carbocycles. The number of carbonyl (C=O) groups excluding carboxylic acids is 2. The van der Waals surface area contributed by atoms with Crippen molar-refractivity contribution in [2.75, 3.05) is 7.11 Å². The number of ether oxygens (including phenoxy) is 2. The summed E-state index contributed by atoms with van der Waals surface area (Å²) in [7, 11) is 1.19. The van der Waals surface area contributed by atoms with E-state index in [1.807, 2.05) is 0 Å². The Balaban J connectivity index is 2.33. The number of esters is 2. The molecule has 2 rings (SSSR count). The van der Waals surface area contributed by atoms with E-state index in [2.05, 4.69) is 4.74 Å². The van der Waals surface area contributed by atoms with E-state index in [0.717, 1.165) is 6.07 Å². The molecule has 0 aromatic heterocycles. The fourth-order valence-corrected chi connectivity index (χ4v) is 1.76. The van der Waals surface area contributed by atoms with Crippen molar-refractivity contribution in [3.8, 4) is 5.75 Å². The van der Waals surface area contributed by atoms with Gasteiger partial charge >= 0.3 is 17.9 Å². The number of benzene rings is 2. The quantitative estimate of drug-likeness (QED) is 0.688. The zero-order valence-electron chi connectivity index (χ0n) is 11.6. The molecule has 6 heteroatoms. The monoisotopic (exact) mass is 300 g/mol. The molecule has 0 radical (unpaired) electrons. The Bertz CT molecular complexity index is 721. The van der Waals surface area contributed by atoms with Crippen LogP contribution in [0.3, 0.4) is 0 Å². The summed E-state index contributed by atoms with van der Waals surface area (Å²) in [6.45, 7) is 0. The first-order chi connectivity index (χ1) is 10.5. The van der Waals surface area contributed by atoms with Gasteiger partial charge in [-0.25, -0.2) is 14.4 Å². The average molecular weight is 300 g/mol. The number of carboxylic acids is 1. The van der Waals surface area contributed by atoms with Gasteiger partial charge in [-0.1, -0.05) is 18.2 Å². The van der Waals surface area contributed by atoms with Crippen LogP contribution >= 0.6 is 0 Å². The summed E-state index contributed by atoms with van der Waals surface area (Å²) in [6, 6.07) is 11.8. The third kappa shape index (κ3) is 3.29. The maximum absolute atomic E-state index is 12.0. The molecule has 0 fully saturated rings. The van der Waals surface area contributed by atoms with Crippen LogP contribution in [0.25, 0.3) is 0 Å². The predicted molar refractivity (Wildman–Crippen MR) is 76.1 cm³/mol. The van der Waals surface area contributed by atoms with Gasteiger partial charge in [0, 0.05) is 0 Å². The van der Waals surface area contributed by atoms with E-state index < -0.39 is 17.9 Å². The van der Waals surface area contributed by atoms with Crippen LogP contribution in [0.15, 0.2) is 48.5 Å². The SMILES string of the molecule is COC(=O)c1ccc(OC(=O)c2ccccc2)c(C(=O)O)c1. The minimum Gasteiger partial charge on any atom is -0.478 e. The number of carbonyl (C=O) groups is 3. The largest absolute Gasteiger partial charge is 0.478 e. The van der Waals surface area contributed by atoms with Crippen LogP contribution in [0.4, 0.5) is 0 Å². The van der Waals surface area contributed by atoms with E-state index in [0.29, 0.717) is 0 Å². The third-order valence-electron chi connectivity index (χ3n) is 2.84. The Morgan fingerprint density at radius 3 is 2.18 bits per heavy atom. The molecule has 0 aliphatic heterocycles. The molecule has 0 aliphatic rings. The highest BCUT2D eigenvalue weighted by atomic mass is 16.5. The molecule has 6 nitrogen and oxygen atoms in total. The highest BCUT2D eigenvalue weighted by Gasteiger charge is 2.18. The van der Waals surface area contributed by atoms with Gasteiger partial charge in [-0.15, -0.1) is 0 Å². The molecule has 1 N–H and O–H groups in total. The Labute approximate surface area is 125 Å². The number of hydrogen-bond donors (Lipinski definition) is 1. The number of methoxy groups -OCH3 is 1. The Morgan fingerprint density at radius 2 is 1.59 bits per heavy atom. The van der Waals surface area contributed by atoms with E-state index in [1.165, 1.54) is 19.2 Å². The Kier molecular flexibility index (Phi) is 4.53. The molecular formula is C16H12O6. The van der Waals surface area contributed by atoms with Crippen molar-refractivity contribution in [2.45, 2.75) is 0 Å². The minimum absolute atomic E-state index is 0.0550. The highest BCUT2D eigenvalue weighted by molar-refractivity contribution is 5.98. The van der Waals surface area contributed by atoms with Gasteiger partial charge in [0.2, 0.25) is 0 Å². The summed E-state index contributed by atoms with van der Waals surface area (Å²) in [5.41, 5.74) is 0.0440. The molecule has 112 valence electrons. The number of rotatable bonds is 4. The molecule has 22 heavy (non-hydrogen) atoms. The lowest BCUT2D eigenvalue weighted by molar-refractivity contribution is 0.0600. The highest BCUT2D eigenvalue weighted by Crippen LogP contribution is 2.22. The second-order valence-electron chi connectivity index (χ2n) is 4.26. The Hall–Kier alpha value is -3.15. The maximum atomic E-state index is 12.0. The molecule has 0 amide bonds. The van der Waals surface area contributed by atoms with Crippen LogP contribution < -0.4 is 4.74 Å². The molecule has 0 heterocycles. The first-order valence-corrected chi connectivity index (χ1v) is 6.26. The van der Waals surface area contributed by atoms with Crippen LogP contribution in [0.2, 0.25) is 0 Å². The van der Waals surface area contributed by atoms with Crippen LogP contribution in [0.5, 0.6) is 5.75 Å². The third-order valence-corrected chi connectivity index (χ3v) is 2.84. The number of carboxylic acid groups (broad SMARTS) is 1. The lowest BCUT2D eigenvalue weighted by atomic mass is 10.1. The second-order valence-corrected chi connectivity index (χ2v) is 4.26. The molecule has 0 saturated carbocycles. The predicted octanol–water partition coefficient (Wildman–Crippen LogP) is 2.39. The van der Waals surface area contributed by atoms with E-state index >= 15 is 0 Å². The average Bonchev–Trinajstić information content (AvgIpc) is 2.55. The van der Waals surface area contributed by atoms with E-state index in [9.17, 15) is 19.5 Å².